The van der Waals surface area contributed by atoms with E-state index in [-0.39, 0.29) is 12.5 Å². The quantitative estimate of drug-likeness (QED) is 0.654. The van der Waals surface area contributed by atoms with Crippen LogP contribution in [0, 0.1) is 5.92 Å². The van der Waals surface area contributed by atoms with Gasteiger partial charge in [-0.25, -0.2) is 14.8 Å². The summed E-state index contributed by atoms with van der Waals surface area (Å²) in [6.45, 7) is 0.318. The molecule has 0 radical (unpaired) electrons. The third-order valence-corrected chi connectivity index (χ3v) is 2.98. The topological polar surface area (TPSA) is 104 Å². The second-order valence-electron chi connectivity index (χ2n) is 4.91. The summed E-state index contributed by atoms with van der Waals surface area (Å²) in [4.78, 5) is 30.2. The fourth-order valence-corrected chi connectivity index (χ4v) is 1.72. The van der Waals surface area contributed by atoms with E-state index in [0.29, 0.717) is 18.7 Å². The molecule has 0 unspecified atom stereocenters. The fourth-order valence-electron chi connectivity index (χ4n) is 1.72. The van der Waals surface area contributed by atoms with E-state index in [1.807, 2.05) is 0 Å². The lowest BCUT2D eigenvalue weighted by Gasteiger charge is -2.06. The second-order valence-corrected chi connectivity index (χ2v) is 4.91. The SMILES string of the molecule is O=C(O)CCCNC(=O)Nc1cnc(CC2CC2)nc1. The highest BCUT2D eigenvalue weighted by molar-refractivity contribution is 5.88. The molecule has 0 aromatic carbocycles. The average molecular weight is 278 g/mol. The summed E-state index contributed by atoms with van der Waals surface area (Å²) in [6.07, 6.45) is 7.02. The van der Waals surface area contributed by atoms with Crippen molar-refractivity contribution in [1.29, 1.82) is 0 Å². The maximum Gasteiger partial charge on any atom is 0.319 e. The second kappa shape index (κ2) is 6.83. The van der Waals surface area contributed by atoms with Gasteiger partial charge in [-0.3, -0.25) is 4.79 Å². The first-order valence-corrected chi connectivity index (χ1v) is 6.71. The molecule has 0 bridgehead atoms. The van der Waals surface area contributed by atoms with Crippen LogP contribution in [0.3, 0.4) is 0 Å². The number of aliphatic carboxylic acids is 1. The number of urea groups is 1. The minimum atomic E-state index is -0.869. The molecule has 1 fully saturated rings. The molecule has 0 spiro atoms. The minimum absolute atomic E-state index is 0.0409. The Balaban J connectivity index is 1.68. The molecule has 1 aliphatic rings. The van der Waals surface area contributed by atoms with E-state index < -0.39 is 5.97 Å². The molecule has 0 atom stereocenters. The predicted molar refractivity (Wildman–Crippen MR) is 72.4 cm³/mol. The number of carbonyl (C=O) groups is 2. The lowest BCUT2D eigenvalue weighted by Crippen LogP contribution is -2.29. The van der Waals surface area contributed by atoms with Crippen molar-refractivity contribution in [2.24, 2.45) is 5.92 Å². The molecule has 1 aromatic rings. The number of aromatic nitrogens is 2. The largest absolute Gasteiger partial charge is 0.481 e. The van der Waals surface area contributed by atoms with Crippen molar-refractivity contribution in [1.82, 2.24) is 15.3 Å². The minimum Gasteiger partial charge on any atom is -0.481 e. The number of carboxylic acids is 1. The molecule has 1 saturated carbocycles. The number of nitrogens with zero attached hydrogens (tertiary/aromatic N) is 2. The van der Waals surface area contributed by atoms with Gasteiger partial charge in [0.15, 0.2) is 0 Å². The van der Waals surface area contributed by atoms with Gasteiger partial charge in [0.1, 0.15) is 5.82 Å². The standard InChI is InChI=1S/C13H18N4O3/c18-12(19)2-1-5-14-13(20)17-10-7-15-11(16-8-10)6-9-3-4-9/h7-9H,1-6H2,(H,18,19)(H2,14,17,20). The smallest absolute Gasteiger partial charge is 0.319 e. The van der Waals surface area contributed by atoms with E-state index in [4.69, 9.17) is 5.11 Å². The molecule has 1 heterocycles. The van der Waals surface area contributed by atoms with Gasteiger partial charge in [-0.2, -0.15) is 0 Å². The van der Waals surface area contributed by atoms with Crippen LogP contribution in [0.4, 0.5) is 10.5 Å². The van der Waals surface area contributed by atoms with Crippen molar-refractivity contribution in [3.63, 3.8) is 0 Å². The Morgan fingerprint density at radius 3 is 2.60 bits per heavy atom. The lowest BCUT2D eigenvalue weighted by atomic mass is 10.3. The Morgan fingerprint density at radius 2 is 2.00 bits per heavy atom. The maximum absolute atomic E-state index is 11.5. The number of rotatable bonds is 7. The molecule has 3 N–H and O–H groups in total. The number of carbonyl (C=O) groups excluding carboxylic acids is 1. The van der Waals surface area contributed by atoms with Gasteiger partial charge >= 0.3 is 12.0 Å². The summed E-state index contributed by atoms with van der Waals surface area (Å²) in [7, 11) is 0. The molecule has 2 amide bonds. The van der Waals surface area contributed by atoms with Crippen LogP contribution in [0.15, 0.2) is 12.4 Å². The molecule has 7 heteroatoms. The molecular weight excluding hydrogens is 260 g/mol. The molecule has 20 heavy (non-hydrogen) atoms. The van der Waals surface area contributed by atoms with Gasteiger partial charge < -0.3 is 15.7 Å². The van der Waals surface area contributed by atoms with Crippen molar-refractivity contribution in [3.8, 4) is 0 Å². The number of hydrogen-bond donors (Lipinski definition) is 3. The maximum atomic E-state index is 11.5. The Kier molecular flexibility index (Phi) is 4.86. The third kappa shape index (κ3) is 5.21. The van der Waals surface area contributed by atoms with Crippen molar-refractivity contribution in [2.75, 3.05) is 11.9 Å². The highest BCUT2D eigenvalue weighted by Gasteiger charge is 2.22. The van der Waals surface area contributed by atoms with Crippen LogP contribution < -0.4 is 10.6 Å². The zero-order valence-electron chi connectivity index (χ0n) is 11.1. The Hall–Kier alpha value is -2.18. The van der Waals surface area contributed by atoms with Crippen LogP contribution in [-0.2, 0) is 11.2 Å². The van der Waals surface area contributed by atoms with E-state index in [1.165, 1.54) is 12.8 Å². The summed E-state index contributed by atoms with van der Waals surface area (Å²) >= 11 is 0. The highest BCUT2D eigenvalue weighted by atomic mass is 16.4. The van der Waals surface area contributed by atoms with Crippen LogP contribution in [0.5, 0.6) is 0 Å². The molecule has 7 nitrogen and oxygen atoms in total. The first-order valence-electron chi connectivity index (χ1n) is 6.71. The summed E-state index contributed by atoms with van der Waals surface area (Å²) in [5.41, 5.74) is 0.528. The van der Waals surface area contributed by atoms with Gasteiger partial charge in [0.25, 0.3) is 0 Å². The molecule has 2 rings (SSSR count). The molecule has 1 aliphatic carbocycles. The van der Waals surface area contributed by atoms with Crippen LogP contribution in [0.25, 0.3) is 0 Å². The summed E-state index contributed by atoms with van der Waals surface area (Å²) in [6, 6.07) is -0.381. The summed E-state index contributed by atoms with van der Waals surface area (Å²) in [5, 5.41) is 13.6. The van der Waals surface area contributed by atoms with E-state index in [1.54, 1.807) is 12.4 Å². The number of amides is 2. The van der Waals surface area contributed by atoms with Crippen LogP contribution >= 0.6 is 0 Å². The summed E-state index contributed by atoms with van der Waals surface area (Å²) in [5.74, 6) is 0.665. The first kappa shape index (κ1) is 14.2. The monoisotopic (exact) mass is 278 g/mol. The van der Waals surface area contributed by atoms with Gasteiger partial charge in [0, 0.05) is 19.4 Å². The molecule has 108 valence electrons. The molecule has 0 saturated heterocycles. The van der Waals surface area contributed by atoms with Crippen molar-refractivity contribution in [2.45, 2.75) is 32.1 Å². The molecule has 1 aromatic heterocycles. The van der Waals surface area contributed by atoms with Crippen molar-refractivity contribution >= 4 is 17.7 Å². The van der Waals surface area contributed by atoms with Gasteiger partial charge in [-0.1, -0.05) is 0 Å². The van der Waals surface area contributed by atoms with Gasteiger partial charge in [-0.15, -0.1) is 0 Å². The van der Waals surface area contributed by atoms with E-state index in [0.717, 1.165) is 18.2 Å². The molecule has 0 aliphatic heterocycles. The zero-order valence-corrected chi connectivity index (χ0v) is 11.1. The average Bonchev–Trinajstić information content (AvgIpc) is 3.21. The number of nitrogens with one attached hydrogen (secondary N) is 2. The Labute approximate surface area is 116 Å². The van der Waals surface area contributed by atoms with Crippen molar-refractivity contribution < 1.29 is 14.7 Å². The zero-order chi connectivity index (χ0) is 14.4. The Morgan fingerprint density at radius 1 is 1.30 bits per heavy atom. The van der Waals surface area contributed by atoms with E-state index >= 15 is 0 Å². The predicted octanol–water partition coefficient (Wildman–Crippen LogP) is 1.42. The fraction of sp³-hybridized carbons (Fsp3) is 0.538. The van der Waals surface area contributed by atoms with Gasteiger partial charge in [0.2, 0.25) is 0 Å². The summed E-state index contributed by atoms with van der Waals surface area (Å²) < 4.78 is 0. The van der Waals surface area contributed by atoms with E-state index in [2.05, 4.69) is 20.6 Å². The van der Waals surface area contributed by atoms with Gasteiger partial charge in [0.05, 0.1) is 18.1 Å². The van der Waals surface area contributed by atoms with Crippen LogP contribution in [0.1, 0.15) is 31.5 Å². The van der Waals surface area contributed by atoms with Crippen LogP contribution in [-0.4, -0.2) is 33.6 Å². The lowest BCUT2D eigenvalue weighted by molar-refractivity contribution is -0.137. The first-order chi connectivity index (χ1) is 9.63. The normalized spacial score (nSPS) is 13.8. The number of hydrogen-bond acceptors (Lipinski definition) is 4. The number of anilines is 1. The van der Waals surface area contributed by atoms with Crippen molar-refractivity contribution in [3.05, 3.63) is 18.2 Å². The van der Waals surface area contributed by atoms with E-state index in [9.17, 15) is 9.59 Å². The Bertz CT molecular complexity index is 471. The molecular formula is C13H18N4O3. The highest BCUT2D eigenvalue weighted by Crippen LogP contribution is 2.31. The van der Waals surface area contributed by atoms with Gasteiger partial charge in [-0.05, 0) is 25.2 Å². The third-order valence-electron chi connectivity index (χ3n) is 2.98. The van der Waals surface area contributed by atoms with Crippen LogP contribution in [0.2, 0.25) is 0 Å². The number of carboxylic acid groups (broad SMARTS) is 1.